The summed E-state index contributed by atoms with van der Waals surface area (Å²) in [5.74, 6) is 2.51. The standard InChI is InChI=1S/C13H19NOS/c1-10-7-12(4-3-11(10)8-15)14(2)13-5-6-16-9-13/h3-4,7,13,15H,5-6,8-9H2,1-2H3. The third-order valence-corrected chi connectivity index (χ3v) is 4.50. The summed E-state index contributed by atoms with van der Waals surface area (Å²) in [7, 11) is 2.17. The maximum atomic E-state index is 9.14. The van der Waals surface area contributed by atoms with Crippen LogP contribution in [0.3, 0.4) is 0 Å². The van der Waals surface area contributed by atoms with Crippen molar-refractivity contribution in [1.29, 1.82) is 0 Å². The maximum Gasteiger partial charge on any atom is 0.0684 e. The SMILES string of the molecule is Cc1cc(N(C)C2CCSC2)ccc1CO. The van der Waals surface area contributed by atoms with Crippen molar-refractivity contribution in [1.82, 2.24) is 0 Å². The first-order valence-electron chi connectivity index (χ1n) is 5.73. The van der Waals surface area contributed by atoms with Crippen LogP contribution in [0, 0.1) is 6.92 Å². The number of aliphatic hydroxyl groups excluding tert-OH is 1. The van der Waals surface area contributed by atoms with Gasteiger partial charge in [0.1, 0.15) is 0 Å². The fraction of sp³-hybridized carbons (Fsp3) is 0.538. The van der Waals surface area contributed by atoms with E-state index in [0.29, 0.717) is 6.04 Å². The van der Waals surface area contributed by atoms with E-state index in [2.05, 4.69) is 31.0 Å². The molecule has 2 rings (SSSR count). The van der Waals surface area contributed by atoms with E-state index in [9.17, 15) is 0 Å². The van der Waals surface area contributed by atoms with Gasteiger partial charge in [-0.3, -0.25) is 0 Å². The topological polar surface area (TPSA) is 23.5 Å². The number of aryl methyl sites for hydroxylation is 1. The molecule has 1 atom stereocenters. The molecule has 0 saturated carbocycles. The van der Waals surface area contributed by atoms with Gasteiger partial charge in [0.15, 0.2) is 0 Å². The van der Waals surface area contributed by atoms with E-state index in [0.717, 1.165) is 5.56 Å². The molecule has 1 heterocycles. The van der Waals surface area contributed by atoms with Crippen LogP contribution in [0.15, 0.2) is 18.2 Å². The lowest BCUT2D eigenvalue weighted by atomic mass is 10.1. The molecule has 0 aromatic heterocycles. The van der Waals surface area contributed by atoms with Crippen LogP contribution in [0.1, 0.15) is 17.5 Å². The Kier molecular flexibility index (Phi) is 3.77. The number of thioether (sulfide) groups is 1. The van der Waals surface area contributed by atoms with Crippen LogP contribution in [0.25, 0.3) is 0 Å². The molecule has 1 unspecified atom stereocenters. The van der Waals surface area contributed by atoms with Crippen LogP contribution < -0.4 is 4.90 Å². The Morgan fingerprint density at radius 1 is 1.50 bits per heavy atom. The van der Waals surface area contributed by atoms with Crippen LogP contribution in [0.4, 0.5) is 5.69 Å². The first-order valence-corrected chi connectivity index (χ1v) is 6.89. The van der Waals surface area contributed by atoms with Gasteiger partial charge in [0.05, 0.1) is 6.61 Å². The van der Waals surface area contributed by atoms with E-state index in [1.54, 1.807) is 0 Å². The number of hydrogen-bond acceptors (Lipinski definition) is 3. The number of aliphatic hydroxyl groups is 1. The molecule has 1 fully saturated rings. The van der Waals surface area contributed by atoms with Gasteiger partial charge in [-0.05, 0) is 42.4 Å². The summed E-state index contributed by atoms with van der Waals surface area (Å²) in [5.41, 5.74) is 3.47. The molecule has 1 N–H and O–H groups in total. The van der Waals surface area contributed by atoms with Crippen molar-refractivity contribution in [3.05, 3.63) is 29.3 Å². The van der Waals surface area contributed by atoms with Gasteiger partial charge in [-0.25, -0.2) is 0 Å². The number of rotatable bonds is 3. The predicted molar refractivity (Wildman–Crippen MR) is 71.2 cm³/mol. The minimum atomic E-state index is 0.134. The molecule has 0 radical (unpaired) electrons. The highest BCUT2D eigenvalue weighted by atomic mass is 32.2. The lowest BCUT2D eigenvalue weighted by molar-refractivity contribution is 0.281. The van der Waals surface area contributed by atoms with E-state index in [1.165, 1.54) is 29.2 Å². The highest BCUT2D eigenvalue weighted by Crippen LogP contribution is 2.27. The van der Waals surface area contributed by atoms with E-state index in [1.807, 2.05) is 17.8 Å². The molecule has 2 nitrogen and oxygen atoms in total. The smallest absolute Gasteiger partial charge is 0.0684 e. The Labute approximate surface area is 102 Å². The third-order valence-electron chi connectivity index (χ3n) is 3.36. The van der Waals surface area contributed by atoms with Crippen LogP contribution in [-0.4, -0.2) is 29.7 Å². The van der Waals surface area contributed by atoms with E-state index < -0.39 is 0 Å². The number of benzene rings is 1. The van der Waals surface area contributed by atoms with Gasteiger partial charge in [-0.15, -0.1) is 0 Å². The second kappa shape index (κ2) is 5.11. The van der Waals surface area contributed by atoms with E-state index in [-0.39, 0.29) is 6.61 Å². The molecule has 16 heavy (non-hydrogen) atoms. The number of hydrogen-bond donors (Lipinski definition) is 1. The van der Waals surface area contributed by atoms with Crippen molar-refractivity contribution < 1.29 is 5.11 Å². The maximum absolute atomic E-state index is 9.14. The summed E-state index contributed by atoms with van der Waals surface area (Å²) in [6.07, 6.45) is 1.28. The van der Waals surface area contributed by atoms with Crippen molar-refractivity contribution in [3.63, 3.8) is 0 Å². The molecule has 3 heteroatoms. The fourth-order valence-corrected chi connectivity index (χ4v) is 3.38. The van der Waals surface area contributed by atoms with Gasteiger partial charge in [0.25, 0.3) is 0 Å². The normalized spacial score (nSPS) is 20.1. The first kappa shape index (κ1) is 11.8. The average Bonchev–Trinajstić information content (AvgIpc) is 2.81. The van der Waals surface area contributed by atoms with Gasteiger partial charge in [0, 0.05) is 24.5 Å². The summed E-state index contributed by atoms with van der Waals surface area (Å²) in [6, 6.07) is 6.99. The molecule has 0 bridgehead atoms. The molecule has 1 aromatic carbocycles. The molecule has 1 aliphatic rings. The quantitative estimate of drug-likeness (QED) is 0.873. The average molecular weight is 237 g/mol. The summed E-state index contributed by atoms with van der Waals surface area (Å²) >= 11 is 2.04. The Hall–Kier alpha value is -0.670. The van der Waals surface area contributed by atoms with Crippen molar-refractivity contribution in [3.8, 4) is 0 Å². The highest BCUT2D eigenvalue weighted by Gasteiger charge is 2.20. The van der Waals surface area contributed by atoms with Crippen molar-refractivity contribution in [2.45, 2.75) is 26.0 Å². The van der Waals surface area contributed by atoms with Crippen LogP contribution in [0.5, 0.6) is 0 Å². The van der Waals surface area contributed by atoms with Crippen molar-refractivity contribution in [2.24, 2.45) is 0 Å². The Morgan fingerprint density at radius 2 is 2.31 bits per heavy atom. The minimum Gasteiger partial charge on any atom is -0.392 e. The predicted octanol–water partition coefficient (Wildman–Crippen LogP) is 2.43. The van der Waals surface area contributed by atoms with E-state index >= 15 is 0 Å². The van der Waals surface area contributed by atoms with Gasteiger partial charge in [-0.2, -0.15) is 11.8 Å². The first-order chi connectivity index (χ1) is 7.72. The number of nitrogens with zero attached hydrogens (tertiary/aromatic N) is 1. The molecule has 0 spiro atoms. The lowest BCUT2D eigenvalue weighted by Gasteiger charge is -2.26. The molecular formula is C13H19NOS. The molecule has 0 aliphatic carbocycles. The second-order valence-corrected chi connectivity index (χ2v) is 5.55. The molecule has 88 valence electrons. The zero-order valence-corrected chi connectivity index (χ0v) is 10.8. The van der Waals surface area contributed by atoms with E-state index in [4.69, 9.17) is 5.11 Å². The van der Waals surface area contributed by atoms with Crippen LogP contribution in [0.2, 0.25) is 0 Å². The monoisotopic (exact) mass is 237 g/mol. The summed E-state index contributed by atoms with van der Waals surface area (Å²) in [5, 5.41) is 9.14. The largest absolute Gasteiger partial charge is 0.392 e. The molecule has 1 saturated heterocycles. The van der Waals surface area contributed by atoms with Crippen molar-refractivity contribution >= 4 is 17.4 Å². The highest BCUT2D eigenvalue weighted by molar-refractivity contribution is 7.99. The molecular weight excluding hydrogens is 218 g/mol. The minimum absolute atomic E-state index is 0.134. The van der Waals surface area contributed by atoms with Crippen molar-refractivity contribution in [2.75, 3.05) is 23.5 Å². The summed E-state index contributed by atoms with van der Waals surface area (Å²) < 4.78 is 0. The van der Waals surface area contributed by atoms with Gasteiger partial charge in [-0.1, -0.05) is 6.07 Å². The molecule has 1 aliphatic heterocycles. The zero-order chi connectivity index (χ0) is 11.5. The second-order valence-electron chi connectivity index (χ2n) is 4.40. The number of anilines is 1. The molecule has 1 aromatic rings. The van der Waals surface area contributed by atoms with Crippen LogP contribution in [-0.2, 0) is 6.61 Å². The lowest BCUT2D eigenvalue weighted by Crippen LogP contribution is -2.31. The Morgan fingerprint density at radius 3 is 2.88 bits per heavy atom. The summed E-state index contributed by atoms with van der Waals surface area (Å²) in [4.78, 5) is 2.37. The zero-order valence-electron chi connectivity index (χ0n) is 9.94. The summed E-state index contributed by atoms with van der Waals surface area (Å²) in [6.45, 7) is 2.20. The fourth-order valence-electron chi connectivity index (χ4n) is 2.12. The van der Waals surface area contributed by atoms with Gasteiger partial charge < -0.3 is 10.0 Å². The third kappa shape index (κ3) is 2.36. The Balaban J connectivity index is 2.16. The van der Waals surface area contributed by atoms with Gasteiger partial charge in [0.2, 0.25) is 0 Å². The van der Waals surface area contributed by atoms with Crippen LogP contribution >= 0.6 is 11.8 Å². The van der Waals surface area contributed by atoms with Gasteiger partial charge >= 0.3 is 0 Å². The molecule has 0 amide bonds. The Bertz CT molecular complexity index is 361.